The second kappa shape index (κ2) is 5.03. The van der Waals surface area contributed by atoms with Gasteiger partial charge in [0.25, 0.3) is 5.91 Å². The van der Waals surface area contributed by atoms with Crippen LogP contribution < -0.4 is 5.32 Å². The molecule has 1 unspecified atom stereocenters. The third kappa shape index (κ3) is 2.95. The molecule has 4 nitrogen and oxygen atoms in total. The maximum atomic E-state index is 12.1. The molecule has 1 heterocycles. The molecule has 1 aromatic rings. The van der Waals surface area contributed by atoms with Gasteiger partial charge in [-0.1, -0.05) is 25.1 Å². The fourth-order valence-electron chi connectivity index (χ4n) is 1.98. The van der Waals surface area contributed by atoms with Crippen molar-refractivity contribution in [2.45, 2.75) is 45.3 Å². The van der Waals surface area contributed by atoms with Crippen LogP contribution in [0.5, 0.6) is 0 Å². The molecule has 0 bridgehead atoms. The van der Waals surface area contributed by atoms with Crippen molar-refractivity contribution >= 4 is 11.9 Å². The summed E-state index contributed by atoms with van der Waals surface area (Å²) in [4.78, 5) is 24.0. The zero-order valence-corrected chi connectivity index (χ0v) is 11.5. The number of benzene rings is 1. The molecule has 0 aliphatic carbocycles. The van der Waals surface area contributed by atoms with Gasteiger partial charge in [-0.25, -0.2) is 4.79 Å². The molecule has 1 N–H and O–H groups in total. The number of carbonyl (C=O) groups excluding carboxylic acids is 2. The van der Waals surface area contributed by atoms with Crippen molar-refractivity contribution in [3.63, 3.8) is 0 Å². The van der Waals surface area contributed by atoms with Crippen LogP contribution in [0.1, 0.15) is 43.1 Å². The van der Waals surface area contributed by atoms with Crippen LogP contribution in [0.4, 0.5) is 0 Å². The topological polar surface area (TPSA) is 55.4 Å². The Morgan fingerprint density at radius 1 is 1.42 bits per heavy atom. The second-order valence-electron chi connectivity index (χ2n) is 5.48. The standard InChI is InChI=1S/C15H19NO3/c1-4-15(2,3)16-13(17)12-9-10-7-5-6-8-11(10)14(18)19-12/h5-8,12H,4,9H2,1-3H3,(H,16,17). The Morgan fingerprint density at radius 2 is 2.11 bits per heavy atom. The van der Waals surface area contributed by atoms with Crippen molar-refractivity contribution < 1.29 is 14.3 Å². The second-order valence-corrected chi connectivity index (χ2v) is 5.48. The van der Waals surface area contributed by atoms with Crippen LogP contribution in [0.2, 0.25) is 0 Å². The first-order valence-electron chi connectivity index (χ1n) is 6.54. The molecule has 1 aliphatic heterocycles. The average Bonchev–Trinajstić information content (AvgIpc) is 2.38. The van der Waals surface area contributed by atoms with Gasteiger partial charge in [0.05, 0.1) is 5.56 Å². The van der Waals surface area contributed by atoms with Gasteiger partial charge in [-0.15, -0.1) is 0 Å². The Hall–Kier alpha value is -1.84. The van der Waals surface area contributed by atoms with Crippen LogP contribution in [0.15, 0.2) is 24.3 Å². The van der Waals surface area contributed by atoms with Crippen LogP contribution in [0, 0.1) is 0 Å². The van der Waals surface area contributed by atoms with E-state index >= 15 is 0 Å². The summed E-state index contributed by atoms with van der Waals surface area (Å²) < 4.78 is 5.21. The van der Waals surface area contributed by atoms with E-state index in [1.54, 1.807) is 12.1 Å². The van der Waals surface area contributed by atoms with E-state index in [9.17, 15) is 9.59 Å². The summed E-state index contributed by atoms with van der Waals surface area (Å²) in [7, 11) is 0. The maximum Gasteiger partial charge on any atom is 0.339 e. The quantitative estimate of drug-likeness (QED) is 0.847. The number of amides is 1. The molecule has 0 saturated heterocycles. The van der Waals surface area contributed by atoms with E-state index in [-0.39, 0.29) is 11.4 Å². The number of fused-ring (bicyclic) bond motifs is 1. The van der Waals surface area contributed by atoms with Crippen molar-refractivity contribution in [2.75, 3.05) is 0 Å². The summed E-state index contributed by atoms with van der Waals surface area (Å²) in [6.45, 7) is 5.90. The predicted octanol–water partition coefficient (Wildman–Crippen LogP) is 2.07. The molecule has 102 valence electrons. The third-order valence-electron chi connectivity index (χ3n) is 3.53. The van der Waals surface area contributed by atoms with E-state index in [0.29, 0.717) is 12.0 Å². The average molecular weight is 261 g/mol. The van der Waals surface area contributed by atoms with Gasteiger partial charge in [-0.3, -0.25) is 4.79 Å². The summed E-state index contributed by atoms with van der Waals surface area (Å²) in [5.41, 5.74) is 1.13. The fraction of sp³-hybridized carbons (Fsp3) is 0.467. The molecule has 1 aliphatic rings. The highest BCUT2D eigenvalue weighted by atomic mass is 16.5. The van der Waals surface area contributed by atoms with Crippen molar-refractivity contribution in [3.8, 4) is 0 Å². The Bertz CT molecular complexity index is 508. The van der Waals surface area contributed by atoms with Crippen LogP contribution in [-0.2, 0) is 16.0 Å². The van der Waals surface area contributed by atoms with Crippen LogP contribution >= 0.6 is 0 Å². The first-order chi connectivity index (χ1) is 8.93. The number of hydrogen-bond donors (Lipinski definition) is 1. The van der Waals surface area contributed by atoms with Gasteiger partial charge in [-0.2, -0.15) is 0 Å². The molecule has 19 heavy (non-hydrogen) atoms. The highest BCUT2D eigenvalue weighted by molar-refractivity contribution is 5.95. The Kier molecular flexibility index (Phi) is 3.60. The minimum Gasteiger partial charge on any atom is -0.448 e. The molecule has 1 atom stereocenters. The molecular weight excluding hydrogens is 242 g/mol. The zero-order valence-electron chi connectivity index (χ0n) is 11.5. The van der Waals surface area contributed by atoms with Gasteiger partial charge in [0.1, 0.15) is 0 Å². The lowest BCUT2D eigenvalue weighted by Crippen LogP contribution is -2.50. The van der Waals surface area contributed by atoms with Gasteiger partial charge < -0.3 is 10.1 Å². The lowest BCUT2D eigenvalue weighted by molar-refractivity contribution is -0.132. The number of rotatable bonds is 3. The van der Waals surface area contributed by atoms with Crippen molar-refractivity contribution in [1.82, 2.24) is 5.32 Å². The number of esters is 1. The first-order valence-corrected chi connectivity index (χ1v) is 6.54. The van der Waals surface area contributed by atoms with Crippen LogP contribution in [0.25, 0.3) is 0 Å². The van der Waals surface area contributed by atoms with Gasteiger partial charge in [0.2, 0.25) is 0 Å². The predicted molar refractivity (Wildman–Crippen MR) is 71.9 cm³/mol. The summed E-state index contributed by atoms with van der Waals surface area (Å²) in [5, 5.41) is 2.91. The summed E-state index contributed by atoms with van der Waals surface area (Å²) in [6.07, 6.45) is 0.525. The number of nitrogens with one attached hydrogen (secondary N) is 1. The third-order valence-corrected chi connectivity index (χ3v) is 3.53. The zero-order chi connectivity index (χ0) is 14.0. The monoisotopic (exact) mass is 261 g/mol. The Balaban J connectivity index is 2.13. The maximum absolute atomic E-state index is 12.1. The van der Waals surface area contributed by atoms with Gasteiger partial charge in [0, 0.05) is 12.0 Å². The van der Waals surface area contributed by atoms with E-state index in [1.807, 2.05) is 32.9 Å². The van der Waals surface area contributed by atoms with Gasteiger partial charge >= 0.3 is 5.97 Å². The van der Waals surface area contributed by atoms with E-state index in [0.717, 1.165) is 12.0 Å². The van der Waals surface area contributed by atoms with Crippen molar-refractivity contribution in [2.24, 2.45) is 0 Å². The van der Waals surface area contributed by atoms with Gasteiger partial charge in [-0.05, 0) is 31.9 Å². The molecule has 0 saturated carbocycles. The molecule has 4 heteroatoms. The summed E-state index contributed by atoms with van der Waals surface area (Å²) in [6, 6.07) is 7.24. The Labute approximate surface area is 113 Å². The van der Waals surface area contributed by atoms with Crippen molar-refractivity contribution in [3.05, 3.63) is 35.4 Å². The Morgan fingerprint density at radius 3 is 2.79 bits per heavy atom. The fourth-order valence-corrected chi connectivity index (χ4v) is 1.98. The lowest BCUT2D eigenvalue weighted by atomic mass is 9.96. The highest BCUT2D eigenvalue weighted by Crippen LogP contribution is 2.21. The number of hydrogen-bond acceptors (Lipinski definition) is 3. The smallest absolute Gasteiger partial charge is 0.339 e. The summed E-state index contributed by atoms with van der Waals surface area (Å²) >= 11 is 0. The van der Waals surface area contributed by atoms with E-state index in [2.05, 4.69) is 5.32 Å². The molecule has 2 rings (SSSR count). The molecule has 0 fully saturated rings. The molecule has 0 radical (unpaired) electrons. The number of cyclic esters (lactones) is 1. The van der Waals surface area contributed by atoms with Gasteiger partial charge in [0.15, 0.2) is 6.10 Å². The minimum atomic E-state index is -0.728. The molecule has 1 amide bonds. The molecule has 1 aromatic carbocycles. The molecule has 0 aromatic heterocycles. The number of carbonyl (C=O) groups is 2. The summed E-state index contributed by atoms with van der Waals surface area (Å²) in [5.74, 6) is -0.647. The van der Waals surface area contributed by atoms with E-state index < -0.39 is 12.1 Å². The first kappa shape index (κ1) is 13.6. The lowest BCUT2D eigenvalue weighted by Gasteiger charge is -2.29. The van der Waals surface area contributed by atoms with Crippen molar-refractivity contribution in [1.29, 1.82) is 0 Å². The van der Waals surface area contributed by atoms with E-state index in [1.165, 1.54) is 0 Å². The highest BCUT2D eigenvalue weighted by Gasteiger charge is 2.33. The largest absolute Gasteiger partial charge is 0.448 e. The minimum absolute atomic E-state index is 0.227. The SMILES string of the molecule is CCC(C)(C)NC(=O)C1Cc2ccccc2C(=O)O1. The normalized spacial score (nSPS) is 18.5. The molecular formula is C15H19NO3. The number of ether oxygens (including phenoxy) is 1. The van der Waals surface area contributed by atoms with E-state index in [4.69, 9.17) is 4.74 Å². The molecule has 0 spiro atoms. The van der Waals surface area contributed by atoms with Crippen LogP contribution in [0.3, 0.4) is 0 Å². The van der Waals surface area contributed by atoms with Crippen LogP contribution in [-0.4, -0.2) is 23.5 Å².